The molecule has 0 unspecified atom stereocenters. The Balaban J connectivity index is 2.54. The first kappa shape index (κ1) is 8.72. The van der Waals surface area contributed by atoms with Crippen LogP contribution in [0.5, 0.6) is 0 Å². The quantitative estimate of drug-likeness (QED) is 0.670. The van der Waals surface area contributed by atoms with Gasteiger partial charge in [-0.15, -0.1) is 0 Å². The number of Topliss-reactive ketones (excluding diaryl/α,β-unsaturated/α-hetero) is 1. The predicted molar refractivity (Wildman–Crippen MR) is 43.2 cm³/mol. The Morgan fingerprint density at radius 2 is 2.27 bits per heavy atom. The number of hydrogen-bond acceptors (Lipinski definition) is 2. The summed E-state index contributed by atoms with van der Waals surface area (Å²) in [5, 5.41) is 9.04. The van der Waals surface area contributed by atoms with Crippen molar-refractivity contribution in [3.05, 3.63) is 0 Å². The van der Waals surface area contributed by atoms with E-state index in [2.05, 4.69) is 13.8 Å². The average molecular weight is 156 g/mol. The Labute approximate surface area is 67.6 Å². The minimum Gasteiger partial charge on any atom is -0.395 e. The van der Waals surface area contributed by atoms with Crippen LogP contribution in [0.2, 0.25) is 0 Å². The van der Waals surface area contributed by atoms with Crippen LogP contribution in [0.4, 0.5) is 0 Å². The van der Waals surface area contributed by atoms with Crippen LogP contribution in [0.15, 0.2) is 0 Å². The molecule has 0 aromatic rings. The number of aliphatic hydroxyl groups is 1. The van der Waals surface area contributed by atoms with E-state index < -0.39 is 0 Å². The zero-order valence-electron chi connectivity index (χ0n) is 7.26. The van der Waals surface area contributed by atoms with Crippen molar-refractivity contribution in [3.8, 4) is 0 Å². The van der Waals surface area contributed by atoms with Crippen molar-refractivity contribution in [2.45, 2.75) is 33.1 Å². The smallest absolute Gasteiger partial charge is 0.141 e. The van der Waals surface area contributed by atoms with E-state index in [1.165, 1.54) is 0 Å². The number of carbonyl (C=O) groups is 1. The molecular weight excluding hydrogens is 140 g/mol. The number of carbonyl (C=O) groups excluding carboxylic acids is 1. The molecule has 2 nitrogen and oxygen atoms in total. The highest BCUT2D eigenvalue weighted by Crippen LogP contribution is 2.41. The summed E-state index contributed by atoms with van der Waals surface area (Å²) in [6.45, 7) is 4.22. The van der Waals surface area contributed by atoms with Crippen LogP contribution in [0.1, 0.15) is 33.1 Å². The molecule has 1 saturated carbocycles. The molecule has 1 N–H and O–H groups in total. The van der Waals surface area contributed by atoms with Crippen molar-refractivity contribution in [1.29, 1.82) is 0 Å². The molecule has 0 amide bonds. The maximum atomic E-state index is 11.2. The molecule has 1 rings (SSSR count). The van der Waals surface area contributed by atoms with Crippen molar-refractivity contribution >= 4 is 5.78 Å². The number of ketones is 1. The van der Waals surface area contributed by atoms with Gasteiger partial charge in [-0.25, -0.2) is 0 Å². The largest absolute Gasteiger partial charge is 0.395 e. The highest BCUT2D eigenvalue weighted by molar-refractivity contribution is 5.90. The fourth-order valence-corrected chi connectivity index (χ4v) is 1.81. The number of hydrogen-bond donors (Lipinski definition) is 1. The monoisotopic (exact) mass is 156 g/mol. The SMILES string of the molecule is CC(C)C[C@]1(CO)CCC1=O. The van der Waals surface area contributed by atoms with Gasteiger partial charge in [0.05, 0.1) is 12.0 Å². The third-order valence-corrected chi connectivity index (χ3v) is 2.52. The lowest BCUT2D eigenvalue weighted by Crippen LogP contribution is -2.44. The van der Waals surface area contributed by atoms with E-state index in [0.717, 1.165) is 12.8 Å². The van der Waals surface area contributed by atoms with Crippen molar-refractivity contribution in [3.63, 3.8) is 0 Å². The lowest BCUT2D eigenvalue weighted by atomic mass is 9.64. The zero-order valence-corrected chi connectivity index (χ0v) is 7.26. The molecule has 64 valence electrons. The third kappa shape index (κ3) is 1.45. The standard InChI is InChI=1S/C9H16O2/c1-7(2)5-9(6-10)4-3-8(9)11/h7,10H,3-6H2,1-2H3/t9-/m0/s1. The Morgan fingerprint density at radius 1 is 1.64 bits per heavy atom. The van der Waals surface area contributed by atoms with Crippen molar-refractivity contribution < 1.29 is 9.90 Å². The van der Waals surface area contributed by atoms with E-state index in [4.69, 9.17) is 5.11 Å². The molecule has 0 spiro atoms. The molecule has 0 saturated heterocycles. The van der Waals surface area contributed by atoms with Crippen LogP contribution in [0.3, 0.4) is 0 Å². The molecule has 2 heteroatoms. The van der Waals surface area contributed by atoms with Gasteiger partial charge in [-0.05, 0) is 18.8 Å². The summed E-state index contributed by atoms with van der Waals surface area (Å²) < 4.78 is 0. The summed E-state index contributed by atoms with van der Waals surface area (Å²) in [4.78, 5) is 11.2. The summed E-state index contributed by atoms with van der Waals surface area (Å²) in [5.41, 5.74) is -0.339. The van der Waals surface area contributed by atoms with Gasteiger partial charge in [0.1, 0.15) is 5.78 Å². The lowest BCUT2D eigenvalue weighted by Gasteiger charge is -2.39. The van der Waals surface area contributed by atoms with Crippen LogP contribution >= 0.6 is 0 Å². The van der Waals surface area contributed by atoms with E-state index >= 15 is 0 Å². The van der Waals surface area contributed by atoms with Gasteiger partial charge in [0, 0.05) is 6.42 Å². The molecule has 0 heterocycles. The normalized spacial score (nSPS) is 30.7. The fourth-order valence-electron chi connectivity index (χ4n) is 1.81. The zero-order chi connectivity index (χ0) is 8.48. The van der Waals surface area contributed by atoms with E-state index in [0.29, 0.717) is 12.3 Å². The van der Waals surface area contributed by atoms with Gasteiger partial charge in [-0.1, -0.05) is 13.8 Å². The fraction of sp³-hybridized carbons (Fsp3) is 0.889. The highest BCUT2D eigenvalue weighted by atomic mass is 16.3. The van der Waals surface area contributed by atoms with Gasteiger partial charge in [-0.2, -0.15) is 0 Å². The molecule has 1 aliphatic rings. The maximum absolute atomic E-state index is 11.2. The second-order valence-electron chi connectivity index (χ2n) is 3.96. The maximum Gasteiger partial charge on any atom is 0.141 e. The first-order valence-corrected chi connectivity index (χ1v) is 4.25. The summed E-state index contributed by atoms with van der Waals surface area (Å²) >= 11 is 0. The molecule has 1 atom stereocenters. The molecule has 1 aliphatic carbocycles. The first-order chi connectivity index (χ1) is 5.10. The van der Waals surface area contributed by atoms with Gasteiger partial charge < -0.3 is 5.11 Å². The first-order valence-electron chi connectivity index (χ1n) is 4.25. The van der Waals surface area contributed by atoms with Gasteiger partial charge >= 0.3 is 0 Å². The summed E-state index contributed by atoms with van der Waals surface area (Å²) in [5.74, 6) is 0.764. The molecular formula is C9H16O2. The summed E-state index contributed by atoms with van der Waals surface area (Å²) in [7, 11) is 0. The van der Waals surface area contributed by atoms with E-state index in [9.17, 15) is 4.79 Å². The molecule has 0 aliphatic heterocycles. The molecule has 0 aromatic carbocycles. The summed E-state index contributed by atoms with van der Waals surface area (Å²) in [6.07, 6.45) is 2.41. The van der Waals surface area contributed by atoms with Gasteiger partial charge in [0.2, 0.25) is 0 Å². The molecule has 11 heavy (non-hydrogen) atoms. The molecule has 0 radical (unpaired) electrons. The molecule has 1 fully saturated rings. The van der Waals surface area contributed by atoms with Crippen LogP contribution in [0, 0.1) is 11.3 Å². The Hall–Kier alpha value is -0.370. The Kier molecular flexibility index (Phi) is 2.33. The summed E-state index contributed by atoms with van der Waals surface area (Å²) in [6, 6.07) is 0. The minimum atomic E-state index is -0.339. The Bertz CT molecular complexity index is 159. The molecule has 0 bridgehead atoms. The second kappa shape index (κ2) is 2.94. The highest BCUT2D eigenvalue weighted by Gasteiger charge is 2.45. The third-order valence-electron chi connectivity index (χ3n) is 2.52. The van der Waals surface area contributed by atoms with E-state index in [-0.39, 0.29) is 17.8 Å². The van der Waals surface area contributed by atoms with Crippen LogP contribution in [0.25, 0.3) is 0 Å². The Morgan fingerprint density at radius 3 is 2.36 bits per heavy atom. The van der Waals surface area contributed by atoms with Gasteiger partial charge in [0.25, 0.3) is 0 Å². The second-order valence-corrected chi connectivity index (χ2v) is 3.96. The van der Waals surface area contributed by atoms with Crippen LogP contribution < -0.4 is 0 Å². The van der Waals surface area contributed by atoms with E-state index in [1.54, 1.807) is 0 Å². The van der Waals surface area contributed by atoms with Crippen molar-refractivity contribution in [2.24, 2.45) is 11.3 Å². The van der Waals surface area contributed by atoms with Crippen molar-refractivity contribution in [2.75, 3.05) is 6.61 Å². The average Bonchev–Trinajstić information content (AvgIpc) is 1.96. The lowest BCUT2D eigenvalue weighted by molar-refractivity contribution is -0.143. The van der Waals surface area contributed by atoms with Crippen LogP contribution in [-0.4, -0.2) is 17.5 Å². The van der Waals surface area contributed by atoms with E-state index in [1.807, 2.05) is 0 Å². The number of aliphatic hydroxyl groups excluding tert-OH is 1. The number of rotatable bonds is 3. The molecule has 0 aromatic heterocycles. The van der Waals surface area contributed by atoms with Crippen LogP contribution in [-0.2, 0) is 4.79 Å². The van der Waals surface area contributed by atoms with Gasteiger partial charge in [-0.3, -0.25) is 4.79 Å². The minimum absolute atomic E-state index is 0.0456. The van der Waals surface area contributed by atoms with Gasteiger partial charge in [0.15, 0.2) is 0 Å². The predicted octanol–water partition coefficient (Wildman–Crippen LogP) is 1.37. The topological polar surface area (TPSA) is 37.3 Å². The van der Waals surface area contributed by atoms with Crippen molar-refractivity contribution in [1.82, 2.24) is 0 Å².